The van der Waals surface area contributed by atoms with Crippen LogP contribution in [0.5, 0.6) is 0 Å². The van der Waals surface area contributed by atoms with Gasteiger partial charge in [0.25, 0.3) is 0 Å². The van der Waals surface area contributed by atoms with Crippen molar-refractivity contribution in [2.45, 2.75) is 32.9 Å². The van der Waals surface area contributed by atoms with Crippen LogP contribution in [0.2, 0.25) is 0 Å². The molecule has 5 heteroatoms. The summed E-state index contributed by atoms with van der Waals surface area (Å²) in [6, 6.07) is 3.94. The van der Waals surface area contributed by atoms with Gasteiger partial charge in [0, 0.05) is 5.54 Å². The molecule has 3 nitrogen and oxygen atoms in total. The third-order valence-electron chi connectivity index (χ3n) is 2.70. The van der Waals surface area contributed by atoms with Gasteiger partial charge >= 0.3 is 0 Å². The number of furan rings is 1. The molecule has 0 aliphatic carbocycles. The predicted octanol–water partition coefficient (Wildman–Crippen LogP) is 3.13. The van der Waals surface area contributed by atoms with E-state index in [1.54, 1.807) is 18.0 Å². The van der Waals surface area contributed by atoms with Gasteiger partial charge in [-0.2, -0.15) is 0 Å². The maximum atomic E-state index is 5.41. The van der Waals surface area contributed by atoms with Gasteiger partial charge in [-0.3, -0.25) is 4.90 Å². The van der Waals surface area contributed by atoms with Gasteiger partial charge in [-0.05, 0) is 32.9 Å². The first-order valence-electron chi connectivity index (χ1n) is 5.66. The van der Waals surface area contributed by atoms with Crippen LogP contribution < -0.4 is 0 Å². The summed E-state index contributed by atoms with van der Waals surface area (Å²) in [7, 11) is 0. The largest absolute Gasteiger partial charge is 0.468 e. The number of rotatable bonds is 2. The third kappa shape index (κ3) is 3.24. The highest BCUT2D eigenvalue weighted by Crippen LogP contribution is 2.26. The van der Waals surface area contributed by atoms with Crippen LogP contribution in [0, 0.1) is 0 Å². The molecule has 1 fully saturated rings. The molecule has 0 aromatic carbocycles. The van der Waals surface area contributed by atoms with Crippen molar-refractivity contribution in [1.82, 2.24) is 9.80 Å². The molecule has 2 heterocycles. The standard InChI is InChI=1S/C12H18N2OS2/c1-12(2,3)14-8-13(9-17-11(14)16)7-10-5-4-6-15-10/h4-6H,7-9H2,1-3H3. The zero-order valence-corrected chi connectivity index (χ0v) is 12.1. The molecular formula is C12H18N2OS2. The summed E-state index contributed by atoms with van der Waals surface area (Å²) in [4.78, 5) is 4.60. The smallest absolute Gasteiger partial charge is 0.139 e. The quantitative estimate of drug-likeness (QED) is 0.767. The molecule has 0 unspecified atom stereocenters. The van der Waals surface area contributed by atoms with Crippen LogP contribution in [-0.2, 0) is 6.54 Å². The van der Waals surface area contributed by atoms with E-state index in [1.807, 2.05) is 12.1 Å². The maximum Gasteiger partial charge on any atom is 0.139 e. The molecule has 1 aromatic heterocycles. The number of nitrogens with zero attached hydrogens (tertiary/aromatic N) is 2. The van der Waals surface area contributed by atoms with E-state index in [4.69, 9.17) is 16.6 Å². The molecule has 1 aliphatic rings. The summed E-state index contributed by atoms with van der Waals surface area (Å²) < 4.78 is 6.38. The highest BCUT2D eigenvalue weighted by atomic mass is 32.2. The minimum atomic E-state index is 0.0753. The molecule has 94 valence electrons. The Hall–Kier alpha value is -0.520. The molecule has 1 aromatic rings. The molecule has 0 spiro atoms. The Balaban J connectivity index is 2.00. The van der Waals surface area contributed by atoms with Crippen molar-refractivity contribution in [3.05, 3.63) is 24.2 Å². The third-order valence-corrected chi connectivity index (χ3v) is 4.24. The number of hydrogen-bond acceptors (Lipinski definition) is 4. The molecule has 0 radical (unpaired) electrons. The second kappa shape index (κ2) is 5.00. The van der Waals surface area contributed by atoms with E-state index in [2.05, 4.69) is 30.6 Å². The second-order valence-electron chi connectivity index (χ2n) is 5.19. The molecule has 17 heavy (non-hydrogen) atoms. The van der Waals surface area contributed by atoms with Crippen molar-refractivity contribution in [2.75, 3.05) is 12.5 Å². The molecular weight excluding hydrogens is 252 g/mol. The van der Waals surface area contributed by atoms with Crippen LogP contribution in [0.3, 0.4) is 0 Å². The van der Waals surface area contributed by atoms with Crippen LogP contribution in [0.1, 0.15) is 26.5 Å². The highest BCUT2D eigenvalue weighted by Gasteiger charge is 2.30. The Morgan fingerprint density at radius 3 is 2.82 bits per heavy atom. The summed E-state index contributed by atoms with van der Waals surface area (Å²) in [6.45, 7) is 8.29. The molecule has 0 saturated carbocycles. The predicted molar refractivity (Wildman–Crippen MR) is 75.8 cm³/mol. The van der Waals surface area contributed by atoms with Crippen LogP contribution in [0.15, 0.2) is 22.8 Å². The molecule has 2 rings (SSSR count). The summed E-state index contributed by atoms with van der Waals surface area (Å²) in [5.41, 5.74) is 0.0753. The van der Waals surface area contributed by atoms with Crippen molar-refractivity contribution in [3.8, 4) is 0 Å². The minimum Gasteiger partial charge on any atom is -0.468 e. The SMILES string of the molecule is CC(C)(C)N1CN(Cc2ccco2)CSC1=S. The fraction of sp³-hybridized carbons (Fsp3) is 0.583. The van der Waals surface area contributed by atoms with Gasteiger partial charge in [-0.1, -0.05) is 24.0 Å². The zero-order chi connectivity index (χ0) is 12.5. The Morgan fingerprint density at radius 1 is 1.47 bits per heavy atom. The fourth-order valence-electron chi connectivity index (χ4n) is 1.73. The Labute approximate surface area is 112 Å². The van der Waals surface area contributed by atoms with Gasteiger partial charge in [0.05, 0.1) is 25.4 Å². The van der Waals surface area contributed by atoms with E-state index in [0.29, 0.717) is 0 Å². The van der Waals surface area contributed by atoms with E-state index >= 15 is 0 Å². The Morgan fingerprint density at radius 2 is 2.24 bits per heavy atom. The lowest BCUT2D eigenvalue weighted by atomic mass is 10.1. The first-order chi connectivity index (χ1) is 7.97. The Kier molecular flexibility index (Phi) is 3.80. The van der Waals surface area contributed by atoms with Crippen molar-refractivity contribution in [2.24, 2.45) is 0 Å². The van der Waals surface area contributed by atoms with Gasteiger partial charge in [0.2, 0.25) is 0 Å². The lowest BCUT2D eigenvalue weighted by Gasteiger charge is -2.44. The molecule has 0 atom stereocenters. The Bertz CT molecular complexity index is 384. The molecule has 0 N–H and O–H groups in total. The average Bonchev–Trinajstić information content (AvgIpc) is 2.72. The van der Waals surface area contributed by atoms with Crippen LogP contribution in [0.25, 0.3) is 0 Å². The average molecular weight is 270 g/mol. The lowest BCUT2D eigenvalue weighted by Crippen LogP contribution is -2.52. The van der Waals surface area contributed by atoms with Crippen LogP contribution >= 0.6 is 24.0 Å². The second-order valence-corrected chi connectivity index (χ2v) is 6.77. The summed E-state index contributed by atoms with van der Waals surface area (Å²) in [5.74, 6) is 1.94. The van der Waals surface area contributed by atoms with Gasteiger partial charge in [-0.15, -0.1) is 0 Å². The van der Waals surface area contributed by atoms with Gasteiger partial charge in [0.15, 0.2) is 0 Å². The van der Waals surface area contributed by atoms with E-state index in [-0.39, 0.29) is 5.54 Å². The topological polar surface area (TPSA) is 19.6 Å². The van der Waals surface area contributed by atoms with Gasteiger partial charge in [-0.25, -0.2) is 0 Å². The first kappa shape index (κ1) is 12.9. The lowest BCUT2D eigenvalue weighted by molar-refractivity contribution is 0.127. The summed E-state index contributed by atoms with van der Waals surface area (Å²) in [5, 5.41) is 0. The van der Waals surface area contributed by atoms with Crippen molar-refractivity contribution in [3.63, 3.8) is 0 Å². The number of thiocarbonyl (C=S) groups is 1. The van der Waals surface area contributed by atoms with Crippen molar-refractivity contribution < 1.29 is 4.42 Å². The van der Waals surface area contributed by atoms with E-state index in [9.17, 15) is 0 Å². The molecule has 1 saturated heterocycles. The summed E-state index contributed by atoms with van der Waals surface area (Å²) >= 11 is 7.14. The highest BCUT2D eigenvalue weighted by molar-refractivity contribution is 8.22. The monoisotopic (exact) mass is 270 g/mol. The zero-order valence-electron chi connectivity index (χ0n) is 10.5. The van der Waals surface area contributed by atoms with E-state index < -0.39 is 0 Å². The van der Waals surface area contributed by atoms with Crippen molar-refractivity contribution >= 4 is 28.3 Å². The maximum absolute atomic E-state index is 5.41. The molecule has 0 bridgehead atoms. The summed E-state index contributed by atoms with van der Waals surface area (Å²) in [6.07, 6.45) is 1.72. The van der Waals surface area contributed by atoms with Crippen LogP contribution in [-0.4, -0.2) is 32.2 Å². The van der Waals surface area contributed by atoms with E-state index in [1.165, 1.54) is 0 Å². The molecule has 0 amide bonds. The first-order valence-corrected chi connectivity index (χ1v) is 7.05. The normalized spacial score (nSPS) is 18.8. The number of hydrogen-bond donors (Lipinski definition) is 0. The van der Waals surface area contributed by atoms with Crippen LogP contribution in [0.4, 0.5) is 0 Å². The van der Waals surface area contributed by atoms with Gasteiger partial charge < -0.3 is 9.32 Å². The number of thioether (sulfide) groups is 1. The fourth-order valence-corrected chi connectivity index (χ4v) is 3.17. The van der Waals surface area contributed by atoms with Gasteiger partial charge in [0.1, 0.15) is 10.1 Å². The van der Waals surface area contributed by atoms with E-state index in [0.717, 1.165) is 29.2 Å². The van der Waals surface area contributed by atoms with Crippen molar-refractivity contribution in [1.29, 1.82) is 0 Å². The minimum absolute atomic E-state index is 0.0753. The molecule has 1 aliphatic heterocycles.